The Bertz CT molecular complexity index is 358. The summed E-state index contributed by atoms with van der Waals surface area (Å²) in [5, 5.41) is 3.61. The predicted molar refractivity (Wildman–Crippen MR) is 83.2 cm³/mol. The van der Waals surface area contributed by atoms with Gasteiger partial charge in [0.15, 0.2) is 0 Å². The van der Waals surface area contributed by atoms with Crippen LogP contribution in [0, 0.1) is 5.92 Å². The van der Waals surface area contributed by atoms with Gasteiger partial charge in [-0.05, 0) is 49.3 Å². The van der Waals surface area contributed by atoms with Crippen molar-refractivity contribution in [3.8, 4) is 0 Å². The Morgan fingerprint density at radius 1 is 1.16 bits per heavy atom. The average Bonchev–Trinajstić information content (AvgIpc) is 2.43. The SMILES string of the molecule is CC1CCC(NCCOCc2ccc(Br)cc2)CC1. The second kappa shape index (κ2) is 8.03. The minimum absolute atomic E-state index is 0.705. The molecule has 1 aliphatic rings. The van der Waals surface area contributed by atoms with E-state index in [2.05, 4.69) is 52.4 Å². The lowest BCUT2D eigenvalue weighted by Gasteiger charge is -2.26. The van der Waals surface area contributed by atoms with Crippen LogP contribution in [0.3, 0.4) is 0 Å². The van der Waals surface area contributed by atoms with Crippen LogP contribution in [0.1, 0.15) is 38.2 Å². The van der Waals surface area contributed by atoms with Crippen molar-refractivity contribution in [2.75, 3.05) is 13.2 Å². The molecule has 0 aromatic heterocycles. The lowest BCUT2D eigenvalue weighted by Crippen LogP contribution is -2.34. The van der Waals surface area contributed by atoms with Gasteiger partial charge in [0.25, 0.3) is 0 Å². The predicted octanol–water partition coefficient (Wildman–Crippen LogP) is 4.13. The van der Waals surface area contributed by atoms with Gasteiger partial charge in [0.2, 0.25) is 0 Å². The van der Waals surface area contributed by atoms with Gasteiger partial charge in [0.1, 0.15) is 0 Å². The first-order valence-corrected chi connectivity index (χ1v) is 8.09. The van der Waals surface area contributed by atoms with E-state index >= 15 is 0 Å². The third-order valence-corrected chi connectivity index (χ3v) is 4.41. The van der Waals surface area contributed by atoms with Crippen LogP contribution in [0.25, 0.3) is 0 Å². The summed E-state index contributed by atoms with van der Waals surface area (Å²) in [5.74, 6) is 0.923. The zero-order valence-corrected chi connectivity index (χ0v) is 13.3. The van der Waals surface area contributed by atoms with E-state index in [9.17, 15) is 0 Å². The largest absolute Gasteiger partial charge is 0.375 e. The van der Waals surface area contributed by atoms with Crippen molar-refractivity contribution in [2.45, 2.75) is 45.3 Å². The number of hydrogen-bond acceptors (Lipinski definition) is 2. The second-order valence-corrected chi connectivity index (χ2v) is 6.51. The van der Waals surface area contributed by atoms with Crippen LogP contribution in [-0.4, -0.2) is 19.2 Å². The average molecular weight is 326 g/mol. The van der Waals surface area contributed by atoms with Crippen molar-refractivity contribution >= 4 is 15.9 Å². The zero-order valence-electron chi connectivity index (χ0n) is 11.7. The van der Waals surface area contributed by atoms with Crippen LogP contribution >= 0.6 is 15.9 Å². The Balaban J connectivity index is 1.53. The zero-order chi connectivity index (χ0) is 13.5. The Morgan fingerprint density at radius 2 is 1.84 bits per heavy atom. The summed E-state index contributed by atoms with van der Waals surface area (Å²) >= 11 is 3.44. The third kappa shape index (κ3) is 5.64. The van der Waals surface area contributed by atoms with Gasteiger partial charge >= 0.3 is 0 Å². The number of nitrogens with one attached hydrogen (secondary N) is 1. The lowest BCUT2D eigenvalue weighted by molar-refractivity contribution is 0.118. The summed E-state index contributed by atoms with van der Waals surface area (Å²) in [6, 6.07) is 9.02. The van der Waals surface area contributed by atoms with E-state index in [1.165, 1.54) is 31.2 Å². The highest BCUT2D eigenvalue weighted by molar-refractivity contribution is 9.10. The molecule has 0 atom stereocenters. The van der Waals surface area contributed by atoms with Gasteiger partial charge < -0.3 is 10.1 Å². The monoisotopic (exact) mass is 325 g/mol. The van der Waals surface area contributed by atoms with Crippen LogP contribution in [-0.2, 0) is 11.3 Å². The summed E-state index contributed by atoms with van der Waals surface area (Å²) in [7, 11) is 0. The van der Waals surface area contributed by atoms with Gasteiger partial charge in [-0.3, -0.25) is 0 Å². The first kappa shape index (κ1) is 15.0. The standard InChI is InChI=1S/C16H24BrNO/c1-13-2-8-16(9-3-13)18-10-11-19-12-14-4-6-15(17)7-5-14/h4-7,13,16,18H,2-3,8-12H2,1H3. The maximum absolute atomic E-state index is 5.69. The summed E-state index contributed by atoms with van der Waals surface area (Å²) in [6.45, 7) is 4.83. The Labute approximate surface area is 125 Å². The smallest absolute Gasteiger partial charge is 0.0717 e. The highest BCUT2D eigenvalue weighted by Gasteiger charge is 2.16. The van der Waals surface area contributed by atoms with E-state index in [0.717, 1.165) is 23.5 Å². The van der Waals surface area contributed by atoms with Crippen molar-refractivity contribution in [3.05, 3.63) is 34.3 Å². The van der Waals surface area contributed by atoms with E-state index < -0.39 is 0 Å². The topological polar surface area (TPSA) is 21.3 Å². The van der Waals surface area contributed by atoms with Gasteiger partial charge in [-0.25, -0.2) is 0 Å². The molecule has 0 bridgehead atoms. The Hall–Kier alpha value is -0.380. The Morgan fingerprint density at radius 3 is 2.53 bits per heavy atom. The molecule has 106 valence electrons. The van der Waals surface area contributed by atoms with Crippen molar-refractivity contribution in [1.29, 1.82) is 0 Å². The van der Waals surface area contributed by atoms with Crippen LogP contribution in [0.15, 0.2) is 28.7 Å². The second-order valence-electron chi connectivity index (χ2n) is 5.59. The lowest BCUT2D eigenvalue weighted by atomic mass is 9.87. The van der Waals surface area contributed by atoms with Gasteiger partial charge in [0.05, 0.1) is 13.2 Å². The van der Waals surface area contributed by atoms with Crippen LogP contribution < -0.4 is 5.32 Å². The maximum Gasteiger partial charge on any atom is 0.0717 e. The molecule has 2 rings (SSSR count). The summed E-state index contributed by atoms with van der Waals surface area (Å²) in [5.41, 5.74) is 1.23. The molecule has 0 radical (unpaired) electrons. The van der Waals surface area contributed by atoms with E-state index in [0.29, 0.717) is 12.6 Å². The minimum atomic E-state index is 0.705. The molecule has 1 N–H and O–H groups in total. The van der Waals surface area contributed by atoms with Crippen molar-refractivity contribution in [1.82, 2.24) is 5.32 Å². The molecule has 0 unspecified atom stereocenters. The van der Waals surface area contributed by atoms with Gasteiger partial charge in [-0.1, -0.05) is 35.0 Å². The van der Waals surface area contributed by atoms with Crippen molar-refractivity contribution < 1.29 is 4.74 Å². The van der Waals surface area contributed by atoms with Gasteiger partial charge in [0, 0.05) is 17.1 Å². The summed E-state index contributed by atoms with van der Waals surface area (Å²) in [4.78, 5) is 0. The number of hydrogen-bond donors (Lipinski definition) is 1. The van der Waals surface area contributed by atoms with E-state index in [-0.39, 0.29) is 0 Å². The molecule has 0 saturated heterocycles. The van der Waals surface area contributed by atoms with Gasteiger partial charge in [-0.15, -0.1) is 0 Å². The number of ether oxygens (including phenoxy) is 1. The van der Waals surface area contributed by atoms with Crippen molar-refractivity contribution in [2.24, 2.45) is 5.92 Å². The molecule has 1 aliphatic carbocycles. The quantitative estimate of drug-likeness (QED) is 0.794. The molecule has 0 amide bonds. The van der Waals surface area contributed by atoms with E-state index in [4.69, 9.17) is 4.74 Å². The molecule has 0 spiro atoms. The van der Waals surface area contributed by atoms with Crippen LogP contribution in [0.4, 0.5) is 0 Å². The fourth-order valence-corrected chi connectivity index (χ4v) is 2.83. The van der Waals surface area contributed by atoms with Crippen LogP contribution in [0.2, 0.25) is 0 Å². The highest BCUT2D eigenvalue weighted by atomic mass is 79.9. The summed E-state index contributed by atoms with van der Waals surface area (Å²) < 4.78 is 6.81. The molecule has 1 saturated carbocycles. The number of halogens is 1. The molecule has 1 aromatic rings. The maximum atomic E-state index is 5.69. The summed E-state index contributed by atoms with van der Waals surface area (Å²) in [6.07, 6.45) is 5.40. The van der Waals surface area contributed by atoms with E-state index in [1.807, 2.05) is 0 Å². The van der Waals surface area contributed by atoms with Crippen LogP contribution in [0.5, 0.6) is 0 Å². The third-order valence-electron chi connectivity index (χ3n) is 3.88. The molecule has 3 heteroatoms. The minimum Gasteiger partial charge on any atom is -0.375 e. The first-order valence-electron chi connectivity index (χ1n) is 7.29. The molecule has 19 heavy (non-hydrogen) atoms. The molecule has 0 aliphatic heterocycles. The number of benzene rings is 1. The molecule has 0 heterocycles. The Kier molecular flexibility index (Phi) is 6.35. The molecular weight excluding hydrogens is 302 g/mol. The normalized spacial score (nSPS) is 23.5. The van der Waals surface area contributed by atoms with E-state index in [1.54, 1.807) is 0 Å². The fraction of sp³-hybridized carbons (Fsp3) is 0.625. The molecule has 1 fully saturated rings. The number of rotatable bonds is 6. The molecule has 2 nitrogen and oxygen atoms in total. The van der Waals surface area contributed by atoms with Gasteiger partial charge in [-0.2, -0.15) is 0 Å². The fourth-order valence-electron chi connectivity index (χ4n) is 2.57. The highest BCUT2D eigenvalue weighted by Crippen LogP contribution is 2.23. The molecule has 1 aromatic carbocycles. The first-order chi connectivity index (χ1) is 9.24. The van der Waals surface area contributed by atoms with Crippen molar-refractivity contribution in [3.63, 3.8) is 0 Å². The molecular formula is C16H24BrNO.